The number of hydrogen-bond donors (Lipinski definition) is 0. The van der Waals surface area contributed by atoms with Gasteiger partial charge in [-0.05, 0) is 35.7 Å². The minimum Gasteiger partial charge on any atom is -0.482 e. The van der Waals surface area contributed by atoms with Crippen molar-refractivity contribution in [3.63, 3.8) is 0 Å². The minimum absolute atomic E-state index is 0.0973. The standard InChI is InChI=1S/C15H11ClN2O4S/c16-11-1-3-12(4-2-11)20-8-14(19)21-7-13-17-15(18-22-13)10-5-6-23-9-10/h1-6,9H,7-8H2. The Hall–Kier alpha value is -2.38. The lowest BCUT2D eigenvalue weighted by atomic mass is 10.3. The van der Waals surface area contributed by atoms with Crippen molar-refractivity contribution in [1.82, 2.24) is 10.1 Å². The van der Waals surface area contributed by atoms with Gasteiger partial charge in [-0.1, -0.05) is 16.8 Å². The van der Waals surface area contributed by atoms with Crippen LogP contribution in [0.2, 0.25) is 5.02 Å². The molecule has 0 saturated carbocycles. The van der Waals surface area contributed by atoms with Crippen molar-refractivity contribution in [3.8, 4) is 17.1 Å². The topological polar surface area (TPSA) is 74.5 Å². The van der Waals surface area contributed by atoms with E-state index in [1.807, 2.05) is 16.8 Å². The average Bonchev–Trinajstić information content (AvgIpc) is 3.23. The van der Waals surface area contributed by atoms with Gasteiger partial charge in [-0.2, -0.15) is 16.3 Å². The fraction of sp³-hybridized carbons (Fsp3) is 0.133. The van der Waals surface area contributed by atoms with Crippen LogP contribution in [0, 0.1) is 0 Å². The lowest BCUT2D eigenvalue weighted by molar-refractivity contribution is -0.148. The van der Waals surface area contributed by atoms with Crippen molar-refractivity contribution in [2.24, 2.45) is 0 Å². The van der Waals surface area contributed by atoms with Crippen molar-refractivity contribution in [2.75, 3.05) is 6.61 Å². The summed E-state index contributed by atoms with van der Waals surface area (Å²) in [6.07, 6.45) is 0. The number of hydrogen-bond acceptors (Lipinski definition) is 7. The second-order valence-electron chi connectivity index (χ2n) is 4.43. The van der Waals surface area contributed by atoms with Crippen LogP contribution in [0.1, 0.15) is 5.89 Å². The number of halogens is 1. The number of thiophene rings is 1. The quantitative estimate of drug-likeness (QED) is 0.633. The normalized spacial score (nSPS) is 10.5. The molecule has 0 N–H and O–H groups in total. The number of benzene rings is 1. The number of esters is 1. The van der Waals surface area contributed by atoms with E-state index in [1.165, 1.54) is 11.3 Å². The van der Waals surface area contributed by atoms with Gasteiger partial charge in [0.1, 0.15) is 5.75 Å². The van der Waals surface area contributed by atoms with Crippen LogP contribution in [-0.2, 0) is 16.1 Å². The molecule has 118 valence electrons. The fourth-order valence-electron chi connectivity index (χ4n) is 1.68. The fourth-order valence-corrected chi connectivity index (χ4v) is 2.44. The highest BCUT2D eigenvalue weighted by Gasteiger charge is 2.11. The van der Waals surface area contributed by atoms with Gasteiger partial charge in [-0.3, -0.25) is 0 Å². The second kappa shape index (κ2) is 7.26. The number of carbonyl (C=O) groups excluding carboxylic acids is 1. The van der Waals surface area contributed by atoms with Crippen molar-refractivity contribution < 1.29 is 18.8 Å². The number of carbonyl (C=O) groups is 1. The highest BCUT2D eigenvalue weighted by molar-refractivity contribution is 7.08. The molecule has 0 unspecified atom stereocenters. The third-order valence-corrected chi connectivity index (χ3v) is 3.71. The lowest BCUT2D eigenvalue weighted by Crippen LogP contribution is -2.14. The maximum atomic E-state index is 11.6. The summed E-state index contributed by atoms with van der Waals surface area (Å²) >= 11 is 7.30. The smallest absolute Gasteiger partial charge is 0.344 e. The summed E-state index contributed by atoms with van der Waals surface area (Å²) in [4.78, 5) is 15.8. The lowest BCUT2D eigenvalue weighted by Gasteiger charge is -2.05. The zero-order valence-corrected chi connectivity index (χ0v) is 13.3. The van der Waals surface area contributed by atoms with E-state index in [1.54, 1.807) is 24.3 Å². The summed E-state index contributed by atoms with van der Waals surface area (Å²) in [5.74, 6) is 0.694. The average molecular weight is 351 g/mol. The molecular weight excluding hydrogens is 340 g/mol. The van der Waals surface area contributed by atoms with Crippen LogP contribution >= 0.6 is 22.9 Å². The summed E-state index contributed by atoms with van der Waals surface area (Å²) in [5.41, 5.74) is 0.863. The van der Waals surface area contributed by atoms with E-state index >= 15 is 0 Å². The molecule has 0 amide bonds. The molecule has 2 heterocycles. The van der Waals surface area contributed by atoms with Crippen LogP contribution in [0.25, 0.3) is 11.4 Å². The first kappa shape index (κ1) is 15.5. The molecule has 0 bridgehead atoms. The van der Waals surface area contributed by atoms with Gasteiger partial charge in [0, 0.05) is 16.0 Å². The van der Waals surface area contributed by atoms with Gasteiger partial charge in [-0.15, -0.1) is 0 Å². The molecule has 0 atom stereocenters. The Morgan fingerprint density at radius 3 is 2.83 bits per heavy atom. The van der Waals surface area contributed by atoms with E-state index in [9.17, 15) is 4.79 Å². The molecule has 3 rings (SSSR count). The Morgan fingerprint density at radius 2 is 2.09 bits per heavy atom. The van der Waals surface area contributed by atoms with Crippen molar-refractivity contribution in [1.29, 1.82) is 0 Å². The molecule has 0 fully saturated rings. The Balaban J connectivity index is 1.46. The number of ether oxygens (including phenoxy) is 2. The summed E-state index contributed by atoms with van der Waals surface area (Å²) in [6.45, 7) is -0.312. The van der Waals surface area contributed by atoms with Gasteiger partial charge in [0.05, 0.1) is 0 Å². The van der Waals surface area contributed by atoms with Gasteiger partial charge in [0.25, 0.3) is 5.89 Å². The Kier molecular flexibility index (Phi) is 4.89. The largest absolute Gasteiger partial charge is 0.482 e. The number of rotatable bonds is 6. The van der Waals surface area contributed by atoms with E-state index in [0.29, 0.717) is 16.6 Å². The number of aromatic nitrogens is 2. The summed E-state index contributed by atoms with van der Waals surface area (Å²) in [7, 11) is 0. The first-order chi connectivity index (χ1) is 11.2. The van der Waals surface area contributed by atoms with Crippen molar-refractivity contribution in [2.45, 2.75) is 6.61 Å². The molecule has 2 aromatic heterocycles. The van der Waals surface area contributed by atoms with Crippen LogP contribution < -0.4 is 4.74 Å². The van der Waals surface area contributed by atoms with Gasteiger partial charge in [0.2, 0.25) is 5.82 Å². The Bertz CT molecular complexity index is 771. The first-order valence-corrected chi connectivity index (χ1v) is 7.92. The van der Waals surface area contributed by atoms with Gasteiger partial charge in [-0.25, -0.2) is 4.79 Å². The van der Waals surface area contributed by atoms with Crippen LogP contribution in [0.3, 0.4) is 0 Å². The summed E-state index contributed by atoms with van der Waals surface area (Å²) in [6, 6.07) is 8.56. The molecule has 0 saturated heterocycles. The molecule has 1 aromatic carbocycles. The Morgan fingerprint density at radius 1 is 1.26 bits per heavy atom. The minimum atomic E-state index is -0.532. The number of nitrogens with zero attached hydrogens (tertiary/aromatic N) is 2. The monoisotopic (exact) mass is 350 g/mol. The Labute approximate surface area is 140 Å². The molecule has 0 aliphatic heterocycles. The van der Waals surface area contributed by atoms with Crippen molar-refractivity contribution in [3.05, 3.63) is 52.0 Å². The van der Waals surface area contributed by atoms with E-state index in [2.05, 4.69) is 10.1 Å². The molecule has 0 radical (unpaired) electrons. The highest BCUT2D eigenvalue weighted by atomic mass is 35.5. The highest BCUT2D eigenvalue weighted by Crippen LogP contribution is 2.19. The zero-order chi connectivity index (χ0) is 16.1. The summed E-state index contributed by atoms with van der Waals surface area (Å²) in [5, 5.41) is 8.24. The van der Waals surface area contributed by atoms with Gasteiger partial charge < -0.3 is 14.0 Å². The molecule has 0 spiro atoms. The van der Waals surface area contributed by atoms with Crippen molar-refractivity contribution >= 4 is 28.9 Å². The molecule has 6 nitrogen and oxygen atoms in total. The maximum absolute atomic E-state index is 11.6. The SMILES string of the molecule is O=C(COc1ccc(Cl)cc1)OCc1nc(-c2ccsc2)no1. The third kappa shape index (κ3) is 4.30. The van der Waals surface area contributed by atoms with Crippen LogP contribution in [0.5, 0.6) is 5.75 Å². The van der Waals surface area contributed by atoms with Gasteiger partial charge in [0.15, 0.2) is 13.2 Å². The molecule has 8 heteroatoms. The first-order valence-electron chi connectivity index (χ1n) is 6.60. The maximum Gasteiger partial charge on any atom is 0.344 e. The molecule has 0 aliphatic rings. The molecule has 0 aliphatic carbocycles. The molecular formula is C15H11ClN2O4S. The second-order valence-corrected chi connectivity index (χ2v) is 5.64. The van der Waals surface area contributed by atoms with E-state index in [4.69, 9.17) is 25.6 Å². The summed E-state index contributed by atoms with van der Waals surface area (Å²) < 4.78 is 15.3. The predicted molar refractivity (Wildman–Crippen MR) is 84.4 cm³/mol. The van der Waals surface area contributed by atoms with Gasteiger partial charge >= 0.3 is 5.97 Å². The molecule has 23 heavy (non-hydrogen) atoms. The van der Waals surface area contributed by atoms with E-state index < -0.39 is 5.97 Å². The van der Waals surface area contributed by atoms with E-state index in [0.717, 1.165) is 5.56 Å². The zero-order valence-electron chi connectivity index (χ0n) is 11.8. The van der Waals surface area contributed by atoms with Crippen LogP contribution in [0.4, 0.5) is 0 Å². The van der Waals surface area contributed by atoms with Crippen LogP contribution in [0.15, 0.2) is 45.6 Å². The molecule has 3 aromatic rings. The predicted octanol–water partition coefficient (Wildman–Crippen LogP) is 3.57. The van der Waals surface area contributed by atoms with Crippen LogP contribution in [-0.4, -0.2) is 22.7 Å². The third-order valence-electron chi connectivity index (χ3n) is 2.77. The van der Waals surface area contributed by atoms with E-state index in [-0.39, 0.29) is 19.1 Å².